The van der Waals surface area contributed by atoms with E-state index in [9.17, 15) is 0 Å². The SMILES string of the molecule is C=C(C)CNC(N)=NCc1ccc(CN2CCN(CC)CC2)cc1.I. The average Bonchev–Trinajstić information content (AvgIpc) is 2.60. The van der Waals surface area contributed by atoms with Crippen molar-refractivity contribution >= 4 is 29.9 Å². The molecule has 1 fully saturated rings. The number of guanidine groups is 1. The van der Waals surface area contributed by atoms with Crippen LogP contribution in [0.3, 0.4) is 0 Å². The summed E-state index contributed by atoms with van der Waals surface area (Å²) in [6.07, 6.45) is 0. The maximum Gasteiger partial charge on any atom is 0.189 e. The van der Waals surface area contributed by atoms with E-state index in [1.807, 2.05) is 6.92 Å². The molecule has 0 aromatic heterocycles. The van der Waals surface area contributed by atoms with Crippen LogP contribution < -0.4 is 11.1 Å². The molecule has 0 bridgehead atoms. The summed E-state index contributed by atoms with van der Waals surface area (Å²) < 4.78 is 0. The summed E-state index contributed by atoms with van der Waals surface area (Å²) in [5.41, 5.74) is 9.41. The highest BCUT2D eigenvalue weighted by Gasteiger charge is 2.15. The summed E-state index contributed by atoms with van der Waals surface area (Å²) in [5.74, 6) is 0.468. The Hall–Kier alpha value is -1.12. The van der Waals surface area contributed by atoms with Crippen molar-refractivity contribution in [3.63, 3.8) is 0 Å². The van der Waals surface area contributed by atoms with Crippen LogP contribution in [0.2, 0.25) is 0 Å². The first kappa shape index (κ1) is 21.9. The Balaban J connectivity index is 0.00000312. The lowest BCUT2D eigenvalue weighted by Gasteiger charge is -2.34. The fourth-order valence-corrected chi connectivity index (χ4v) is 2.75. The van der Waals surface area contributed by atoms with Gasteiger partial charge >= 0.3 is 0 Å². The molecule has 1 aliphatic heterocycles. The predicted molar refractivity (Wildman–Crippen MR) is 117 cm³/mol. The molecule has 1 aromatic carbocycles. The molecular weight excluding hydrogens is 425 g/mol. The number of nitrogens with zero attached hydrogens (tertiary/aromatic N) is 3. The first-order valence-corrected chi connectivity index (χ1v) is 8.77. The zero-order valence-electron chi connectivity index (χ0n) is 15.5. The minimum absolute atomic E-state index is 0. The molecule has 0 atom stereocenters. The van der Waals surface area contributed by atoms with E-state index < -0.39 is 0 Å². The predicted octanol–water partition coefficient (Wildman–Crippen LogP) is 2.42. The molecule has 3 N–H and O–H groups in total. The molecule has 0 aliphatic carbocycles. The van der Waals surface area contributed by atoms with E-state index in [-0.39, 0.29) is 24.0 Å². The van der Waals surface area contributed by atoms with Crippen molar-refractivity contribution in [3.05, 3.63) is 47.5 Å². The lowest BCUT2D eigenvalue weighted by Crippen LogP contribution is -2.45. The molecule has 2 rings (SSSR count). The molecular formula is C19H32IN5. The number of piperazine rings is 1. The Bertz CT molecular complexity index is 547. The Morgan fingerprint density at radius 1 is 1.12 bits per heavy atom. The van der Waals surface area contributed by atoms with Crippen molar-refractivity contribution in [2.24, 2.45) is 10.7 Å². The number of nitrogens with one attached hydrogen (secondary N) is 1. The van der Waals surface area contributed by atoms with E-state index in [1.54, 1.807) is 0 Å². The van der Waals surface area contributed by atoms with Gasteiger partial charge in [-0.2, -0.15) is 0 Å². The largest absolute Gasteiger partial charge is 0.370 e. The summed E-state index contributed by atoms with van der Waals surface area (Å²) in [4.78, 5) is 9.39. The fourth-order valence-electron chi connectivity index (χ4n) is 2.75. The van der Waals surface area contributed by atoms with Crippen molar-refractivity contribution < 1.29 is 0 Å². The van der Waals surface area contributed by atoms with Crippen LogP contribution in [-0.4, -0.2) is 55.0 Å². The van der Waals surface area contributed by atoms with Crippen molar-refractivity contribution in [1.82, 2.24) is 15.1 Å². The van der Waals surface area contributed by atoms with Crippen molar-refractivity contribution in [3.8, 4) is 0 Å². The molecule has 1 heterocycles. The first-order chi connectivity index (χ1) is 11.6. The van der Waals surface area contributed by atoms with Gasteiger partial charge in [0, 0.05) is 39.3 Å². The van der Waals surface area contributed by atoms with Gasteiger partial charge in [0.2, 0.25) is 0 Å². The van der Waals surface area contributed by atoms with Crippen molar-refractivity contribution in [2.45, 2.75) is 26.9 Å². The number of likely N-dealkylation sites (N-methyl/N-ethyl adjacent to an activating group) is 1. The van der Waals surface area contributed by atoms with Crippen LogP contribution in [0.4, 0.5) is 0 Å². The van der Waals surface area contributed by atoms with Crippen molar-refractivity contribution in [2.75, 3.05) is 39.3 Å². The monoisotopic (exact) mass is 457 g/mol. The third kappa shape index (κ3) is 8.20. The van der Waals surface area contributed by atoms with Crippen LogP contribution in [0.15, 0.2) is 41.4 Å². The standard InChI is InChI=1S/C19H31N5.HI/c1-4-23-9-11-24(12-10-23)15-18-7-5-17(6-8-18)14-22-19(20)21-13-16(2)3;/h5-8H,2,4,9-15H2,1,3H3,(H3,20,21,22);1H. The molecule has 5 nitrogen and oxygen atoms in total. The van der Waals surface area contributed by atoms with E-state index in [0.29, 0.717) is 19.0 Å². The van der Waals surface area contributed by atoms with Gasteiger partial charge in [0.05, 0.1) is 6.54 Å². The molecule has 6 heteroatoms. The number of rotatable bonds is 7. The summed E-state index contributed by atoms with van der Waals surface area (Å²) in [6, 6.07) is 8.70. The minimum atomic E-state index is 0. The summed E-state index contributed by atoms with van der Waals surface area (Å²) >= 11 is 0. The van der Waals surface area contributed by atoms with Gasteiger partial charge in [-0.1, -0.05) is 43.3 Å². The second kappa shape index (κ2) is 11.5. The number of halogens is 1. The zero-order chi connectivity index (χ0) is 17.4. The molecule has 0 amide bonds. The Labute approximate surface area is 169 Å². The lowest BCUT2D eigenvalue weighted by molar-refractivity contribution is 0.132. The number of hydrogen-bond donors (Lipinski definition) is 2. The van der Waals surface area contributed by atoms with Gasteiger partial charge in [-0.15, -0.1) is 24.0 Å². The molecule has 25 heavy (non-hydrogen) atoms. The fraction of sp³-hybridized carbons (Fsp3) is 0.526. The number of nitrogens with two attached hydrogens (primary N) is 1. The summed E-state index contributed by atoms with van der Waals surface area (Å²) in [6.45, 7) is 16.2. The minimum Gasteiger partial charge on any atom is -0.370 e. The van der Waals surface area contributed by atoms with Gasteiger partial charge in [-0.05, 0) is 24.6 Å². The van der Waals surface area contributed by atoms with E-state index in [4.69, 9.17) is 5.73 Å². The normalized spacial score (nSPS) is 16.3. The second-order valence-electron chi connectivity index (χ2n) is 6.54. The molecule has 1 aliphatic rings. The van der Waals surface area contributed by atoms with Crippen LogP contribution >= 0.6 is 24.0 Å². The molecule has 0 radical (unpaired) electrons. The molecule has 1 saturated heterocycles. The Morgan fingerprint density at radius 2 is 1.68 bits per heavy atom. The van der Waals surface area contributed by atoms with Crippen LogP contribution in [0, 0.1) is 0 Å². The van der Waals surface area contributed by atoms with E-state index in [2.05, 4.69) is 57.9 Å². The van der Waals surface area contributed by atoms with Gasteiger partial charge < -0.3 is 16.0 Å². The number of benzene rings is 1. The van der Waals surface area contributed by atoms with Gasteiger partial charge in [-0.3, -0.25) is 4.90 Å². The summed E-state index contributed by atoms with van der Waals surface area (Å²) in [5, 5.41) is 3.04. The third-order valence-corrected chi connectivity index (χ3v) is 4.34. The molecule has 140 valence electrons. The highest BCUT2D eigenvalue weighted by atomic mass is 127. The van der Waals surface area contributed by atoms with Gasteiger partial charge in [0.1, 0.15) is 0 Å². The third-order valence-electron chi connectivity index (χ3n) is 4.34. The molecule has 1 aromatic rings. The highest BCUT2D eigenvalue weighted by Crippen LogP contribution is 2.10. The average molecular weight is 457 g/mol. The summed E-state index contributed by atoms with van der Waals surface area (Å²) in [7, 11) is 0. The van der Waals surface area contributed by atoms with Crippen molar-refractivity contribution in [1.29, 1.82) is 0 Å². The van der Waals surface area contributed by atoms with Crippen LogP contribution in [0.5, 0.6) is 0 Å². The van der Waals surface area contributed by atoms with E-state index in [0.717, 1.165) is 31.8 Å². The molecule has 0 spiro atoms. The lowest BCUT2D eigenvalue weighted by atomic mass is 10.1. The quantitative estimate of drug-likeness (QED) is 0.286. The smallest absolute Gasteiger partial charge is 0.189 e. The maximum atomic E-state index is 5.83. The Morgan fingerprint density at radius 3 is 2.24 bits per heavy atom. The Kier molecular flexibility index (Phi) is 10.1. The van der Waals surface area contributed by atoms with Gasteiger partial charge in [-0.25, -0.2) is 4.99 Å². The van der Waals surface area contributed by atoms with Crippen LogP contribution in [0.1, 0.15) is 25.0 Å². The van der Waals surface area contributed by atoms with E-state index >= 15 is 0 Å². The molecule has 0 unspecified atom stereocenters. The highest BCUT2D eigenvalue weighted by molar-refractivity contribution is 14.0. The first-order valence-electron chi connectivity index (χ1n) is 8.77. The number of aliphatic imine (C=N–C) groups is 1. The molecule has 0 saturated carbocycles. The van der Waals surface area contributed by atoms with Gasteiger partial charge in [0.25, 0.3) is 0 Å². The number of hydrogen-bond acceptors (Lipinski definition) is 3. The van der Waals surface area contributed by atoms with E-state index in [1.165, 1.54) is 24.2 Å². The van der Waals surface area contributed by atoms with Crippen LogP contribution in [0.25, 0.3) is 0 Å². The maximum absolute atomic E-state index is 5.83. The second-order valence-corrected chi connectivity index (χ2v) is 6.54. The topological polar surface area (TPSA) is 56.9 Å². The van der Waals surface area contributed by atoms with Crippen LogP contribution in [-0.2, 0) is 13.1 Å². The zero-order valence-corrected chi connectivity index (χ0v) is 17.8. The van der Waals surface area contributed by atoms with Gasteiger partial charge in [0.15, 0.2) is 5.96 Å².